The Balaban J connectivity index is 2.62. The third-order valence-electron chi connectivity index (χ3n) is 3.01. The second kappa shape index (κ2) is 6.35. The molecule has 0 bridgehead atoms. The molecule has 0 aliphatic carbocycles. The average Bonchev–Trinajstić information content (AvgIpc) is 2.27. The lowest BCUT2D eigenvalue weighted by Crippen LogP contribution is -2.24. The zero-order chi connectivity index (χ0) is 13.7. The molecule has 0 radical (unpaired) electrons. The van der Waals surface area contributed by atoms with Gasteiger partial charge in [0.15, 0.2) is 0 Å². The summed E-state index contributed by atoms with van der Waals surface area (Å²) in [5.41, 5.74) is 0.634. The fourth-order valence-corrected chi connectivity index (χ4v) is 1.78. The summed E-state index contributed by atoms with van der Waals surface area (Å²) in [6, 6.07) is 3.83. The molecule has 0 spiro atoms. The summed E-state index contributed by atoms with van der Waals surface area (Å²) in [5, 5.41) is 18.2. The molecule has 1 aromatic rings. The number of phenolic OH excluding ortho intramolecular Hbond substituents is 1. The molecular weight excluding hydrogens is 237 g/mol. The number of carboxylic acids is 1. The summed E-state index contributed by atoms with van der Waals surface area (Å²) in [5.74, 6) is -1.37. The van der Waals surface area contributed by atoms with Crippen LogP contribution in [0.5, 0.6) is 5.75 Å². The molecule has 1 unspecified atom stereocenters. The van der Waals surface area contributed by atoms with Crippen LogP contribution in [0.1, 0.15) is 31.4 Å². The van der Waals surface area contributed by atoms with E-state index in [0.29, 0.717) is 18.5 Å². The minimum Gasteiger partial charge on any atom is -0.508 e. The largest absolute Gasteiger partial charge is 0.508 e. The second-order valence-corrected chi connectivity index (χ2v) is 4.36. The van der Waals surface area contributed by atoms with Crippen LogP contribution in [0, 0.1) is 5.82 Å². The van der Waals surface area contributed by atoms with Crippen LogP contribution in [0.2, 0.25) is 0 Å². The second-order valence-electron chi connectivity index (χ2n) is 4.36. The van der Waals surface area contributed by atoms with Crippen molar-refractivity contribution in [3.05, 3.63) is 29.6 Å². The van der Waals surface area contributed by atoms with Gasteiger partial charge in [0.2, 0.25) is 0 Å². The molecule has 100 valence electrons. The normalized spacial score (nSPS) is 12.7. The number of halogens is 1. The maximum atomic E-state index is 12.9. The van der Waals surface area contributed by atoms with E-state index in [1.807, 2.05) is 18.9 Å². The van der Waals surface area contributed by atoms with Crippen LogP contribution >= 0.6 is 0 Å². The highest BCUT2D eigenvalue weighted by atomic mass is 19.1. The van der Waals surface area contributed by atoms with Gasteiger partial charge in [-0.3, -0.25) is 9.69 Å². The van der Waals surface area contributed by atoms with Crippen LogP contribution in [-0.4, -0.2) is 34.7 Å². The Labute approximate surface area is 106 Å². The van der Waals surface area contributed by atoms with Crippen LogP contribution < -0.4 is 0 Å². The quantitative estimate of drug-likeness (QED) is 0.819. The van der Waals surface area contributed by atoms with E-state index < -0.39 is 11.8 Å². The minimum atomic E-state index is -0.819. The molecule has 0 aromatic heterocycles. The summed E-state index contributed by atoms with van der Waals surface area (Å²) in [4.78, 5) is 12.3. The summed E-state index contributed by atoms with van der Waals surface area (Å²) < 4.78 is 12.9. The molecule has 5 heteroatoms. The van der Waals surface area contributed by atoms with Gasteiger partial charge in [-0.1, -0.05) is 6.07 Å². The van der Waals surface area contributed by atoms with Gasteiger partial charge in [-0.05, 0) is 33.0 Å². The highest BCUT2D eigenvalue weighted by Crippen LogP contribution is 2.28. The lowest BCUT2D eigenvalue weighted by Gasteiger charge is -2.25. The number of nitrogens with zero attached hydrogens (tertiary/aromatic N) is 1. The fraction of sp³-hybridized carbons (Fsp3) is 0.462. The molecular formula is C13H18FNO3. The molecule has 0 amide bonds. The van der Waals surface area contributed by atoms with Crippen LogP contribution in [0.25, 0.3) is 0 Å². The minimum absolute atomic E-state index is 0.0763. The van der Waals surface area contributed by atoms with E-state index in [1.54, 1.807) is 6.07 Å². The number of carbonyl (C=O) groups is 1. The molecule has 1 aromatic carbocycles. The summed E-state index contributed by atoms with van der Waals surface area (Å²) >= 11 is 0. The van der Waals surface area contributed by atoms with Gasteiger partial charge in [0, 0.05) is 24.1 Å². The molecule has 0 saturated heterocycles. The van der Waals surface area contributed by atoms with Crippen molar-refractivity contribution >= 4 is 5.97 Å². The molecule has 4 nitrogen and oxygen atoms in total. The van der Waals surface area contributed by atoms with Crippen molar-refractivity contribution in [1.82, 2.24) is 4.90 Å². The van der Waals surface area contributed by atoms with Gasteiger partial charge in [-0.2, -0.15) is 0 Å². The van der Waals surface area contributed by atoms with Crippen LogP contribution in [0.3, 0.4) is 0 Å². The molecule has 0 fully saturated rings. The van der Waals surface area contributed by atoms with Gasteiger partial charge < -0.3 is 10.2 Å². The third kappa shape index (κ3) is 4.00. The highest BCUT2D eigenvalue weighted by Gasteiger charge is 2.15. The fourth-order valence-electron chi connectivity index (χ4n) is 1.78. The zero-order valence-corrected chi connectivity index (χ0v) is 10.6. The average molecular weight is 255 g/mol. The van der Waals surface area contributed by atoms with Crippen molar-refractivity contribution in [2.75, 3.05) is 13.6 Å². The number of hydrogen-bond donors (Lipinski definition) is 2. The maximum Gasteiger partial charge on any atom is 0.303 e. The van der Waals surface area contributed by atoms with Gasteiger partial charge in [-0.15, -0.1) is 0 Å². The summed E-state index contributed by atoms with van der Waals surface area (Å²) in [6.07, 6.45) is 0.657. The molecule has 1 rings (SSSR count). The van der Waals surface area contributed by atoms with Crippen molar-refractivity contribution in [1.29, 1.82) is 0 Å². The molecule has 0 aliphatic rings. The Morgan fingerprint density at radius 1 is 1.50 bits per heavy atom. The van der Waals surface area contributed by atoms with E-state index in [0.717, 1.165) is 6.07 Å². The van der Waals surface area contributed by atoms with Gasteiger partial charge in [0.25, 0.3) is 0 Å². The van der Waals surface area contributed by atoms with Crippen molar-refractivity contribution in [3.8, 4) is 5.75 Å². The maximum absolute atomic E-state index is 12.9. The van der Waals surface area contributed by atoms with Gasteiger partial charge in [0.1, 0.15) is 11.6 Å². The Hall–Kier alpha value is -1.62. The Bertz CT molecular complexity index is 423. The monoisotopic (exact) mass is 255 g/mol. The van der Waals surface area contributed by atoms with E-state index in [1.165, 1.54) is 6.07 Å². The van der Waals surface area contributed by atoms with Crippen molar-refractivity contribution in [3.63, 3.8) is 0 Å². The summed E-state index contributed by atoms with van der Waals surface area (Å²) in [7, 11) is 1.84. The summed E-state index contributed by atoms with van der Waals surface area (Å²) in [6.45, 7) is 2.48. The molecule has 18 heavy (non-hydrogen) atoms. The highest BCUT2D eigenvalue weighted by molar-refractivity contribution is 5.66. The lowest BCUT2D eigenvalue weighted by atomic mass is 10.1. The van der Waals surface area contributed by atoms with E-state index in [-0.39, 0.29) is 18.2 Å². The molecule has 0 saturated carbocycles. The predicted octanol–water partition coefficient (Wildman–Crippen LogP) is 2.39. The number of benzene rings is 1. The van der Waals surface area contributed by atoms with Gasteiger partial charge in [0.05, 0.1) is 0 Å². The Kier molecular flexibility index (Phi) is 5.09. The van der Waals surface area contributed by atoms with E-state index in [9.17, 15) is 14.3 Å². The molecule has 1 atom stereocenters. The standard InChI is InChI=1S/C13H18FNO3/c1-9(15(2)7-3-4-13(17)18)11-6-5-10(14)8-12(11)16/h5-6,8-9,16H,3-4,7H2,1-2H3,(H,17,18). The smallest absolute Gasteiger partial charge is 0.303 e. The van der Waals surface area contributed by atoms with E-state index >= 15 is 0 Å². The van der Waals surface area contributed by atoms with Crippen molar-refractivity contribution < 1.29 is 19.4 Å². The number of phenols is 1. The van der Waals surface area contributed by atoms with Gasteiger partial charge in [-0.25, -0.2) is 4.39 Å². The molecule has 0 heterocycles. The number of hydrogen-bond acceptors (Lipinski definition) is 3. The SMILES string of the molecule is CC(c1ccc(F)cc1O)N(C)CCCC(=O)O. The van der Waals surface area contributed by atoms with Crippen LogP contribution in [0.15, 0.2) is 18.2 Å². The molecule has 2 N–H and O–H groups in total. The van der Waals surface area contributed by atoms with Crippen molar-refractivity contribution in [2.45, 2.75) is 25.8 Å². The topological polar surface area (TPSA) is 60.8 Å². The van der Waals surface area contributed by atoms with Crippen molar-refractivity contribution in [2.24, 2.45) is 0 Å². The van der Waals surface area contributed by atoms with Crippen LogP contribution in [0.4, 0.5) is 4.39 Å². The first kappa shape index (κ1) is 14.4. The first-order valence-electron chi connectivity index (χ1n) is 5.82. The number of aliphatic carboxylic acids is 1. The van der Waals surface area contributed by atoms with Gasteiger partial charge >= 0.3 is 5.97 Å². The van der Waals surface area contributed by atoms with Crippen LogP contribution in [-0.2, 0) is 4.79 Å². The molecule has 0 aliphatic heterocycles. The zero-order valence-electron chi connectivity index (χ0n) is 10.6. The number of aromatic hydroxyl groups is 1. The first-order valence-corrected chi connectivity index (χ1v) is 5.82. The third-order valence-corrected chi connectivity index (χ3v) is 3.01. The van der Waals surface area contributed by atoms with E-state index in [2.05, 4.69) is 0 Å². The first-order chi connectivity index (χ1) is 8.41. The number of rotatable bonds is 6. The predicted molar refractivity (Wildman–Crippen MR) is 66.0 cm³/mol. The Morgan fingerprint density at radius 3 is 2.72 bits per heavy atom. The number of carboxylic acid groups (broad SMARTS) is 1. The Morgan fingerprint density at radius 2 is 2.17 bits per heavy atom. The van der Waals surface area contributed by atoms with E-state index in [4.69, 9.17) is 5.11 Å². The lowest BCUT2D eigenvalue weighted by molar-refractivity contribution is -0.137.